The number of thiocarbonyl (C=S) groups is 1. The molecule has 2 aromatic carbocycles. The highest BCUT2D eigenvalue weighted by Crippen LogP contribution is 2.20. The molecule has 0 saturated carbocycles. The number of halogens is 1. The second-order valence-corrected chi connectivity index (χ2v) is 6.57. The van der Waals surface area contributed by atoms with Crippen molar-refractivity contribution in [1.29, 1.82) is 0 Å². The van der Waals surface area contributed by atoms with Crippen molar-refractivity contribution in [3.63, 3.8) is 0 Å². The van der Waals surface area contributed by atoms with Crippen molar-refractivity contribution in [2.24, 2.45) is 0 Å². The first-order chi connectivity index (χ1) is 13.5. The highest BCUT2D eigenvalue weighted by atomic mass is 35.5. The Morgan fingerprint density at radius 1 is 1.00 bits per heavy atom. The molecule has 0 unspecified atom stereocenters. The van der Waals surface area contributed by atoms with Gasteiger partial charge in [-0.05, 0) is 47.7 Å². The van der Waals surface area contributed by atoms with Gasteiger partial charge in [-0.1, -0.05) is 29.9 Å². The van der Waals surface area contributed by atoms with Crippen LogP contribution in [0.5, 0.6) is 0 Å². The van der Waals surface area contributed by atoms with Crippen LogP contribution >= 0.6 is 23.8 Å². The lowest BCUT2D eigenvalue weighted by Crippen LogP contribution is -2.39. The van der Waals surface area contributed by atoms with E-state index in [2.05, 4.69) is 5.32 Å². The highest BCUT2D eigenvalue weighted by molar-refractivity contribution is 7.81. The fourth-order valence-corrected chi connectivity index (χ4v) is 2.92. The number of benzene rings is 2. The Hall–Kier alpha value is -3.29. The molecule has 0 bridgehead atoms. The Kier molecular flexibility index (Phi) is 5.98. The van der Waals surface area contributed by atoms with E-state index in [1.807, 2.05) is 6.07 Å². The van der Waals surface area contributed by atoms with Gasteiger partial charge in [0.25, 0.3) is 5.69 Å². The van der Waals surface area contributed by atoms with Gasteiger partial charge in [-0.3, -0.25) is 10.1 Å². The van der Waals surface area contributed by atoms with Crippen LogP contribution in [0.3, 0.4) is 0 Å². The number of rotatable bonds is 5. The minimum absolute atomic E-state index is 0.0904. The topological polar surface area (TPSA) is 82.1 Å². The van der Waals surface area contributed by atoms with Crippen LogP contribution in [0.25, 0.3) is 11.5 Å². The van der Waals surface area contributed by atoms with Crippen molar-refractivity contribution in [2.45, 2.75) is 0 Å². The molecule has 1 aromatic heterocycles. The molecule has 0 fully saturated rings. The molecule has 28 heavy (non-hydrogen) atoms. The fraction of sp³-hybridized carbons (Fsp3) is 0. The number of hydrogen-bond donors (Lipinski definition) is 1. The normalized spacial score (nSPS) is 11.5. The number of hydrogen-bond acceptors (Lipinski definition) is 4. The summed E-state index contributed by atoms with van der Waals surface area (Å²) >= 11 is 11.4. The minimum Gasteiger partial charge on any atom is -0.867 e. The lowest BCUT2D eigenvalue weighted by atomic mass is 10.1. The number of nitro benzene ring substituents is 1. The molecule has 140 valence electrons. The fourth-order valence-electron chi connectivity index (χ4n) is 2.48. The number of anilines is 1. The summed E-state index contributed by atoms with van der Waals surface area (Å²) in [7, 11) is 0. The van der Waals surface area contributed by atoms with Crippen molar-refractivity contribution in [2.75, 3.05) is 5.32 Å². The van der Waals surface area contributed by atoms with Gasteiger partial charge in [0.05, 0.1) is 4.92 Å². The molecular formula is C20H14ClN3O3S. The minimum atomic E-state index is -0.516. The van der Waals surface area contributed by atoms with Crippen molar-refractivity contribution >= 4 is 51.6 Å². The molecule has 0 atom stereocenters. The van der Waals surface area contributed by atoms with E-state index in [0.29, 0.717) is 10.7 Å². The predicted octanol–water partition coefficient (Wildman–Crippen LogP) is 3.66. The van der Waals surface area contributed by atoms with Crippen LogP contribution in [-0.2, 0) is 0 Å². The Morgan fingerprint density at radius 2 is 1.61 bits per heavy atom. The van der Waals surface area contributed by atoms with Crippen molar-refractivity contribution in [3.05, 3.63) is 99.8 Å². The summed E-state index contributed by atoms with van der Waals surface area (Å²) in [4.78, 5) is 10.5. The van der Waals surface area contributed by atoms with Crippen LogP contribution in [0.1, 0.15) is 5.56 Å². The first-order valence-electron chi connectivity index (χ1n) is 8.15. The summed E-state index contributed by atoms with van der Waals surface area (Å²) in [5.74, 6) is -0.363. The van der Waals surface area contributed by atoms with Crippen LogP contribution in [0.2, 0.25) is 5.02 Å². The maximum Gasteiger partial charge on any atom is 0.269 e. The maximum absolute atomic E-state index is 13.1. The van der Waals surface area contributed by atoms with Crippen LogP contribution in [0.15, 0.2) is 79.1 Å². The summed E-state index contributed by atoms with van der Waals surface area (Å²) < 4.78 is 1.61. The average molecular weight is 412 g/mol. The number of pyridine rings is 1. The second-order valence-electron chi connectivity index (χ2n) is 5.73. The van der Waals surface area contributed by atoms with Gasteiger partial charge in [0, 0.05) is 35.0 Å². The summed E-state index contributed by atoms with van der Waals surface area (Å²) in [6.07, 6.45) is 3.41. The molecule has 3 aromatic rings. The molecule has 0 saturated heterocycles. The third-order valence-corrected chi connectivity index (χ3v) is 4.39. The summed E-state index contributed by atoms with van der Waals surface area (Å²) in [5, 5.41) is 27.6. The first-order valence-corrected chi connectivity index (χ1v) is 8.94. The number of nitrogens with one attached hydrogen (secondary N) is 1. The Morgan fingerprint density at radius 3 is 2.18 bits per heavy atom. The molecule has 0 aliphatic rings. The highest BCUT2D eigenvalue weighted by Gasteiger charge is 2.19. The van der Waals surface area contributed by atoms with Crippen LogP contribution in [-0.4, -0.2) is 9.91 Å². The molecule has 1 N–H and O–H groups in total. The summed E-state index contributed by atoms with van der Waals surface area (Å²) in [6, 6.07) is 17.7. The molecular weight excluding hydrogens is 398 g/mol. The zero-order valence-electron chi connectivity index (χ0n) is 14.4. The van der Waals surface area contributed by atoms with Gasteiger partial charge < -0.3 is 10.4 Å². The average Bonchev–Trinajstić information content (AvgIpc) is 2.70. The quantitative estimate of drug-likeness (QED) is 0.173. The number of non-ortho nitro benzene ring substituents is 1. The van der Waals surface area contributed by atoms with E-state index in [1.165, 1.54) is 24.3 Å². The standard InChI is InChI=1S/C20H14ClN3O3S/c21-15-6-8-16(9-7-15)22-20(28)18(23-12-2-1-3-13-23)19(25)14-4-10-17(11-5-14)24(26)27/h1-13H,(H-,22,25,28). The number of nitro groups is 1. The first kappa shape index (κ1) is 19.5. The number of aromatic nitrogens is 1. The Balaban J connectivity index is 2.03. The van der Waals surface area contributed by atoms with Gasteiger partial charge in [0.1, 0.15) is 0 Å². The lowest BCUT2D eigenvalue weighted by molar-refractivity contribution is -0.577. The zero-order chi connectivity index (χ0) is 20.1. The monoisotopic (exact) mass is 411 g/mol. The predicted molar refractivity (Wildman–Crippen MR) is 111 cm³/mol. The molecule has 0 spiro atoms. The summed E-state index contributed by atoms with van der Waals surface area (Å²) in [5.41, 5.74) is 1.10. The summed E-state index contributed by atoms with van der Waals surface area (Å²) in [6.45, 7) is 0. The molecule has 0 radical (unpaired) electrons. The zero-order valence-corrected chi connectivity index (χ0v) is 16.0. The van der Waals surface area contributed by atoms with E-state index in [-0.39, 0.29) is 27.7 Å². The van der Waals surface area contributed by atoms with E-state index >= 15 is 0 Å². The number of nitrogens with zero attached hydrogens (tertiary/aromatic N) is 2. The third-order valence-electron chi connectivity index (χ3n) is 3.85. The van der Waals surface area contributed by atoms with Gasteiger partial charge >= 0.3 is 0 Å². The van der Waals surface area contributed by atoms with E-state index in [9.17, 15) is 15.2 Å². The smallest absolute Gasteiger partial charge is 0.269 e. The lowest BCUT2D eigenvalue weighted by Gasteiger charge is -2.17. The van der Waals surface area contributed by atoms with E-state index in [0.717, 1.165) is 0 Å². The van der Waals surface area contributed by atoms with Crippen molar-refractivity contribution in [1.82, 2.24) is 0 Å². The van der Waals surface area contributed by atoms with Gasteiger partial charge in [0.15, 0.2) is 17.4 Å². The second kappa shape index (κ2) is 8.60. The molecule has 3 rings (SSSR count). The van der Waals surface area contributed by atoms with Gasteiger partial charge in [-0.2, -0.15) is 4.57 Å². The van der Waals surface area contributed by atoms with Crippen molar-refractivity contribution in [3.8, 4) is 0 Å². The Bertz CT molecular complexity index is 1040. The Labute approximate surface area is 171 Å². The molecule has 8 heteroatoms. The maximum atomic E-state index is 13.1. The van der Waals surface area contributed by atoms with Gasteiger partial charge in [-0.25, -0.2) is 0 Å². The van der Waals surface area contributed by atoms with E-state index in [4.69, 9.17) is 23.8 Å². The van der Waals surface area contributed by atoms with Gasteiger partial charge in [0.2, 0.25) is 5.70 Å². The van der Waals surface area contributed by atoms with Crippen molar-refractivity contribution < 1.29 is 14.6 Å². The third kappa shape index (κ3) is 4.51. The van der Waals surface area contributed by atoms with Crippen LogP contribution in [0.4, 0.5) is 11.4 Å². The van der Waals surface area contributed by atoms with E-state index < -0.39 is 4.92 Å². The molecule has 0 aliphatic carbocycles. The molecule has 0 aliphatic heterocycles. The van der Waals surface area contributed by atoms with Crippen LogP contribution in [0, 0.1) is 10.1 Å². The molecule has 0 amide bonds. The molecule has 1 heterocycles. The van der Waals surface area contributed by atoms with Gasteiger partial charge in [-0.15, -0.1) is 0 Å². The largest absolute Gasteiger partial charge is 0.867 e. The SMILES string of the molecule is O=[N+]([O-])c1ccc(/C([O-])=C(/C(=S)Nc2ccc(Cl)cc2)[n+]2ccccc2)cc1. The van der Waals surface area contributed by atoms with E-state index in [1.54, 1.807) is 53.4 Å². The molecule has 6 nitrogen and oxygen atoms in total. The van der Waals surface area contributed by atoms with Crippen LogP contribution < -0.4 is 15.0 Å².